The van der Waals surface area contributed by atoms with Gasteiger partial charge in [0.05, 0.1) is 16.9 Å². The van der Waals surface area contributed by atoms with E-state index in [0.717, 1.165) is 0 Å². The number of nitro groups is 1. The molecular weight excluding hydrogens is 266 g/mol. The maximum absolute atomic E-state index is 11.9. The van der Waals surface area contributed by atoms with Gasteiger partial charge in [0.2, 0.25) is 5.91 Å². The first-order chi connectivity index (χ1) is 9.65. The molecule has 8 heteroatoms. The largest absolute Gasteiger partial charge is 0.486 e. The Labute approximate surface area is 114 Å². The van der Waals surface area contributed by atoms with Crippen LogP contribution in [0.25, 0.3) is 0 Å². The zero-order valence-corrected chi connectivity index (χ0v) is 10.5. The fraction of sp³-hybridized carbons (Fsp3) is 0.417. The SMILES string of the molecule is O=C(Nc1cc2c(cc1[N+](=O)[O-])OCCO2)C1CNC1. The van der Waals surface area contributed by atoms with Crippen LogP contribution >= 0.6 is 0 Å². The molecule has 0 aliphatic carbocycles. The molecule has 20 heavy (non-hydrogen) atoms. The van der Waals surface area contributed by atoms with E-state index in [9.17, 15) is 14.9 Å². The first kappa shape index (κ1) is 12.7. The number of benzene rings is 1. The fourth-order valence-corrected chi connectivity index (χ4v) is 2.04. The molecule has 3 rings (SSSR count). The van der Waals surface area contributed by atoms with Crippen LogP contribution in [0.4, 0.5) is 11.4 Å². The Kier molecular flexibility index (Phi) is 3.15. The third kappa shape index (κ3) is 2.25. The van der Waals surface area contributed by atoms with Gasteiger partial charge in [-0.05, 0) is 0 Å². The highest BCUT2D eigenvalue weighted by Gasteiger charge is 2.28. The van der Waals surface area contributed by atoms with Gasteiger partial charge in [-0.2, -0.15) is 0 Å². The lowest BCUT2D eigenvalue weighted by atomic mass is 10.0. The van der Waals surface area contributed by atoms with Gasteiger partial charge in [0.25, 0.3) is 5.69 Å². The van der Waals surface area contributed by atoms with Crippen LogP contribution in [-0.4, -0.2) is 37.1 Å². The summed E-state index contributed by atoms with van der Waals surface area (Å²) in [5.41, 5.74) is -0.0639. The second-order valence-electron chi connectivity index (χ2n) is 4.61. The van der Waals surface area contributed by atoms with E-state index in [-0.39, 0.29) is 23.2 Å². The van der Waals surface area contributed by atoms with Crippen molar-refractivity contribution in [2.24, 2.45) is 5.92 Å². The van der Waals surface area contributed by atoms with E-state index in [1.54, 1.807) is 0 Å². The summed E-state index contributed by atoms with van der Waals surface area (Å²) in [5, 5.41) is 16.7. The molecule has 1 fully saturated rings. The number of fused-ring (bicyclic) bond motifs is 1. The smallest absolute Gasteiger partial charge is 0.296 e. The minimum absolute atomic E-state index is 0.135. The first-order valence-corrected chi connectivity index (χ1v) is 6.25. The van der Waals surface area contributed by atoms with Gasteiger partial charge in [0.1, 0.15) is 18.9 Å². The van der Waals surface area contributed by atoms with Gasteiger partial charge in [0, 0.05) is 19.2 Å². The molecule has 1 aromatic rings. The highest BCUT2D eigenvalue weighted by atomic mass is 16.6. The van der Waals surface area contributed by atoms with Gasteiger partial charge < -0.3 is 20.1 Å². The summed E-state index contributed by atoms with van der Waals surface area (Å²) in [6.45, 7) is 1.91. The first-order valence-electron chi connectivity index (χ1n) is 6.25. The van der Waals surface area contributed by atoms with Crippen molar-refractivity contribution in [3.63, 3.8) is 0 Å². The Morgan fingerprint density at radius 3 is 2.50 bits per heavy atom. The van der Waals surface area contributed by atoms with E-state index >= 15 is 0 Å². The molecule has 2 N–H and O–H groups in total. The molecule has 0 unspecified atom stereocenters. The van der Waals surface area contributed by atoms with E-state index in [1.807, 2.05) is 0 Å². The third-order valence-corrected chi connectivity index (χ3v) is 3.27. The second-order valence-corrected chi connectivity index (χ2v) is 4.61. The maximum atomic E-state index is 11.9. The van der Waals surface area contributed by atoms with E-state index in [0.29, 0.717) is 37.8 Å². The van der Waals surface area contributed by atoms with E-state index < -0.39 is 4.92 Å². The Bertz CT molecular complexity index is 570. The van der Waals surface area contributed by atoms with Crippen molar-refractivity contribution >= 4 is 17.3 Å². The molecule has 2 heterocycles. The quantitative estimate of drug-likeness (QED) is 0.618. The fourth-order valence-electron chi connectivity index (χ4n) is 2.04. The van der Waals surface area contributed by atoms with Gasteiger partial charge in [-0.1, -0.05) is 0 Å². The Morgan fingerprint density at radius 2 is 1.95 bits per heavy atom. The summed E-state index contributed by atoms with van der Waals surface area (Å²) >= 11 is 0. The summed E-state index contributed by atoms with van der Waals surface area (Å²) in [6.07, 6.45) is 0. The molecular formula is C12H13N3O5. The lowest BCUT2D eigenvalue weighted by Gasteiger charge is -2.26. The number of ether oxygens (including phenoxy) is 2. The number of anilines is 1. The molecule has 0 saturated carbocycles. The molecule has 2 aliphatic rings. The minimum atomic E-state index is -0.549. The van der Waals surface area contributed by atoms with Crippen LogP contribution in [-0.2, 0) is 4.79 Å². The number of carbonyl (C=O) groups excluding carboxylic acids is 1. The van der Waals surface area contributed by atoms with Gasteiger partial charge >= 0.3 is 0 Å². The Hall–Kier alpha value is -2.35. The van der Waals surface area contributed by atoms with Crippen molar-refractivity contribution < 1.29 is 19.2 Å². The van der Waals surface area contributed by atoms with Gasteiger partial charge in [-0.15, -0.1) is 0 Å². The monoisotopic (exact) mass is 279 g/mol. The van der Waals surface area contributed by atoms with Gasteiger partial charge in [-0.3, -0.25) is 14.9 Å². The van der Waals surface area contributed by atoms with Crippen molar-refractivity contribution in [2.45, 2.75) is 0 Å². The van der Waals surface area contributed by atoms with Crippen molar-refractivity contribution in [1.29, 1.82) is 0 Å². The number of nitrogens with one attached hydrogen (secondary N) is 2. The lowest BCUT2D eigenvalue weighted by molar-refractivity contribution is -0.384. The van der Waals surface area contributed by atoms with Crippen LogP contribution in [0.1, 0.15) is 0 Å². The standard InChI is InChI=1S/C12H13N3O5/c16-12(7-5-13-6-7)14-8-3-10-11(20-2-1-19-10)4-9(8)15(17)18/h3-4,7,13H,1-2,5-6H2,(H,14,16). The van der Waals surface area contributed by atoms with E-state index in [2.05, 4.69) is 10.6 Å². The second kappa shape index (κ2) is 4.97. The van der Waals surface area contributed by atoms with Crippen LogP contribution in [0.15, 0.2) is 12.1 Å². The Morgan fingerprint density at radius 1 is 1.30 bits per heavy atom. The van der Waals surface area contributed by atoms with E-state index in [1.165, 1.54) is 12.1 Å². The topological polar surface area (TPSA) is 103 Å². The van der Waals surface area contributed by atoms with E-state index in [4.69, 9.17) is 9.47 Å². The van der Waals surface area contributed by atoms with Crippen LogP contribution < -0.4 is 20.1 Å². The highest BCUT2D eigenvalue weighted by molar-refractivity contribution is 5.96. The molecule has 1 aromatic carbocycles. The van der Waals surface area contributed by atoms with Crippen molar-refractivity contribution in [3.8, 4) is 11.5 Å². The van der Waals surface area contributed by atoms with Crippen molar-refractivity contribution in [1.82, 2.24) is 5.32 Å². The minimum Gasteiger partial charge on any atom is -0.486 e. The number of nitro benzene ring substituents is 1. The molecule has 0 spiro atoms. The molecule has 2 aliphatic heterocycles. The molecule has 106 valence electrons. The van der Waals surface area contributed by atoms with Gasteiger partial charge in [0.15, 0.2) is 11.5 Å². The zero-order chi connectivity index (χ0) is 14.1. The number of amides is 1. The molecule has 0 atom stereocenters. The van der Waals surface area contributed by atoms with Crippen LogP contribution in [0, 0.1) is 16.0 Å². The highest BCUT2D eigenvalue weighted by Crippen LogP contribution is 2.39. The summed E-state index contributed by atoms with van der Waals surface area (Å²) in [7, 11) is 0. The number of hydrogen-bond donors (Lipinski definition) is 2. The average molecular weight is 279 g/mol. The predicted molar refractivity (Wildman–Crippen MR) is 69.1 cm³/mol. The number of hydrogen-bond acceptors (Lipinski definition) is 6. The lowest BCUT2D eigenvalue weighted by Crippen LogP contribution is -2.48. The summed E-state index contributed by atoms with van der Waals surface area (Å²) < 4.78 is 10.7. The van der Waals surface area contributed by atoms with Crippen molar-refractivity contribution in [3.05, 3.63) is 22.2 Å². The average Bonchev–Trinajstić information content (AvgIpc) is 2.35. The molecule has 0 radical (unpaired) electrons. The molecule has 0 aromatic heterocycles. The number of rotatable bonds is 3. The molecule has 1 amide bonds. The maximum Gasteiger partial charge on any atom is 0.296 e. The molecule has 8 nitrogen and oxygen atoms in total. The molecule has 0 bridgehead atoms. The normalized spacial score (nSPS) is 17.2. The van der Waals surface area contributed by atoms with Crippen LogP contribution in [0.2, 0.25) is 0 Å². The predicted octanol–water partition coefficient (Wildman–Crippen LogP) is 0.524. The zero-order valence-electron chi connectivity index (χ0n) is 10.5. The van der Waals surface area contributed by atoms with Crippen LogP contribution in [0.3, 0.4) is 0 Å². The third-order valence-electron chi connectivity index (χ3n) is 3.27. The molecule has 1 saturated heterocycles. The number of nitrogens with zero attached hydrogens (tertiary/aromatic N) is 1. The van der Waals surface area contributed by atoms with Crippen LogP contribution in [0.5, 0.6) is 11.5 Å². The summed E-state index contributed by atoms with van der Waals surface area (Å²) in [6, 6.07) is 2.72. The Balaban J connectivity index is 1.90. The van der Waals surface area contributed by atoms with Crippen molar-refractivity contribution in [2.75, 3.05) is 31.6 Å². The number of carbonyl (C=O) groups is 1. The summed E-state index contributed by atoms with van der Waals surface area (Å²) in [5.74, 6) is 0.349. The summed E-state index contributed by atoms with van der Waals surface area (Å²) in [4.78, 5) is 22.4. The van der Waals surface area contributed by atoms with Gasteiger partial charge in [-0.25, -0.2) is 0 Å².